The number of nitrogens with zero attached hydrogens (tertiary/aromatic N) is 1. The molecule has 1 heterocycles. The number of rotatable bonds is 6. The first kappa shape index (κ1) is 15.3. The third-order valence-corrected chi connectivity index (χ3v) is 3.35. The van der Waals surface area contributed by atoms with Gasteiger partial charge in [-0.15, -0.1) is 0 Å². The van der Waals surface area contributed by atoms with Crippen molar-refractivity contribution in [3.63, 3.8) is 0 Å². The topological polar surface area (TPSA) is 64.4 Å². The molecule has 0 atom stereocenters. The van der Waals surface area contributed by atoms with E-state index < -0.39 is 0 Å². The predicted molar refractivity (Wildman–Crippen MR) is 78.9 cm³/mol. The number of hydrogen-bond donors (Lipinski definition) is 1. The maximum atomic E-state index is 12.3. The van der Waals surface area contributed by atoms with Crippen LogP contribution in [-0.4, -0.2) is 18.2 Å². The molecule has 1 aromatic carbocycles. The second-order valence-electron chi connectivity index (χ2n) is 4.80. The van der Waals surface area contributed by atoms with Gasteiger partial charge >= 0.3 is 0 Å². The molecule has 1 aromatic heterocycles. The zero-order valence-electron chi connectivity index (χ0n) is 12.6. The number of benzene rings is 1. The first-order valence-corrected chi connectivity index (χ1v) is 6.96. The Morgan fingerprint density at radius 1 is 1.33 bits per heavy atom. The van der Waals surface area contributed by atoms with Crippen LogP contribution in [0, 0.1) is 6.92 Å². The average Bonchev–Trinajstić information content (AvgIpc) is 2.87. The second-order valence-corrected chi connectivity index (χ2v) is 4.80. The molecule has 21 heavy (non-hydrogen) atoms. The van der Waals surface area contributed by atoms with E-state index in [2.05, 4.69) is 10.5 Å². The van der Waals surface area contributed by atoms with Crippen LogP contribution in [0.1, 0.15) is 39.9 Å². The van der Waals surface area contributed by atoms with E-state index in [1.54, 1.807) is 14.0 Å². The SMILES string of the molecule is CCc1noc(C)c1C(=O)NCc1ccccc1COC. The summed E-state index contributed by atoms with van der Waals surface area (Å²) in [6.45, 7) is 4.67. The zero-order chi connectivity index (χ0) is 15.2. The fraction of sp³-hybridized carbons (Fsp3) is 0.375. The molecule has 0 aliphatic rings. The highest BCUT2D eigenvalue weighted by Gasteiger charge is 2.18. The molecule has 0 saturated carbocycles. The van der Waals surface area contributed by atoms with Gasteiger partial charge in [-0.3, -0.25) is 4.79 Å². The average molecular weight is 288 g/mol. The van der Waals surface area contributed by atoms with Crippen molar-refractivity contribution in [2.45, 2.75) is 33.4 Å². The van der Waals surface area contributed by atoms with Gasteiger partial charge in [0.05, 0.1) is 12.3 Å². The van der Waals surface area contributed by atoms with Crippen LogP contribution in [0.2, 0.25) is 0 Å². The minimum atomic E-state index is -0.155. The van der Waals surface area contributed by atoms with Crippen molar-refractivity contribution >= 4 is 5.91 Å². The van der Waals surface area contributed by atoms with Gasteiger partial charge in [-0.2, -0.15) is 0 Å². The number of hydrogen-bond acceptors (Lipinski definition) is 4. The summed E-state index contributed by atoms with van der Waals surface area (Å²) in [6, 6.07) is 7.88. The van der Waals surface area contributed by atoms with Gasteiger partial charge in [-0.1, -0.05) is 36.3 Å². The third-order valence-electron chi connectivity index (χ3n) is 3.35. The van der Waals surface area contributed by atoms with Crippen molar-refractivity contribution in [2.24, 2.45) is 0 Å². The Labute approximate surface area is 124 Å². The third kappa shape index (κ3) is 3.49. The summed E-state index contributed by atoms with van der Waals surface area (Å²) in [5.74, 6) is 0.396. The molecule has 0 aliphatic heterocycles. The van der Waals surface area contributed by atoms with Crippen molar-refractivity contribution in [1.82, 2.24) is 10.5 Å². The fourth-order valence-corrected chi connectivity index (χ4v) is 2.24. The van der Waals surface area contributed by atoms with E-state index in [9.17, 15) is 4.79 Å². The highest BCUT2D eigenvalue weighted by molar-refractivity contribution is 5.96. The highest BCUT2D eigenvalue weighted by Crippen LogP contribution is 2.15. The molecule has 1 N–H and O–H groups in total. The Kier molecular flexibility index (Phi) is 5.11. The van der Waals surface area contributed by atoms with Crippen LogP contribution in [0.15, 0.2) is 28.8 Å². The molecule has 0 aliphatic carbocycles. The summed E-state index contributed by atoms with van der Waals surface area (Å²) in [5, 5.41) is 6.82. The van der Waals surface area contributed by atoms with Crippen LogP contribution in [0.25, 0.3) is 0 Å². The molecule has 0 bridgehead atoms. The van der Waals surface area contributed by atoms with Gasteiger partial charge in [0.25, 0.3) is 5.91 Å². The maximum absolute atomic E-state index is 12.3. The molecule has 0 spiro atoms. The van der Waals surface area contributed by atoms with E-state index >= 15 is 0 Å². The summed E-state index contributed by atoms with van der Waals surface area (Å²) in [5.41, 5.74) is 3.34. The fourth-order valence-electron chi connectivity index (χ4n) is 2.24. The van der Waals surface area contributed by atoms with Crippen molar-refractivity contribution < 1.29 is 14.1 Å². The van der Waals surface area contributed by atoms with Gasteiger partial charge in [-0.05, 0) is 24.5 Å². The van der Waals surface area contributed by atoms with Gasteiger partial charge in [0.1, 0.15) is 11.3 Å². The zero-order valence-corrected chi connectivity index (χ0v) is 12.6. The molecule has 112 valence electrons. The minimum Gasteiger partial charge on any atom is -0.380 e. The van der Waals surface area contributed by atoms with Crippen LogP contribution in [-0.2, 0) is 24.3 Å². The monoisotopic (exact) mass is 288 g/mol. The van der Waals surface area contributed by atoms with Crippen LogP contribution in [0.4, 0.5) is 0 Å². The minimum absolute atomic E-state index is 0.155. The van der Waals surface area contributed by atoms with Crippen molar-refractivity contribution in [1.29, 1.82) is 0 Å². The number of aromatic nitrogens is 1. The first-order valence-electron chi connectivity index (χ1n) is 6.96. The lowest BCUT2D eigenvalue weighted by atomic mass is 10.1. The molecule has 2 aromatic rings. The lowest BCUT2D eigenvalue weighted by molar-refractivity contribution is 0.0948. The van der Waals surface area contributed by atoms with Gasteiger partial charge in [0, 0.05) is 13.7 Å². The Morgan fingerprint density at radius 3 is 2.71 bits per heavy atom. The number of carbonyl (C=O) groups excluding carboxylic acids is 1. The number of nitrogens with one attached hydrogen (secondary N) is 1. The maximum Gasteiger partial charge on any atom is 0.257 e. The molecule has 0 fully saturated rings. The molecule has 0 radical (unpaired) electrons. The van der Waals surface area contributed by atoms with Gasteiger partial charge in [-0.25, -0.2) is 0 Å². The molecule has 1 amide bonds. The molecule has 0 unspecified atom stereocenters. The largest absolute Gasteiger partial charge is 0.380 e. The van der Waals surface area contributed by atoms with E-state index in [-0.39, 0.29) is 5.91 Å². The van der Waals surface area contributed by atoms with Crippen LogP contribution < -0.4 is 5.32 Å². The number of aryl methyl sites for hydroxylation is 2. The number of ether oxygens (including phenoxy) is 1. The molecule has 2 rings (SSSR count). The lowest BCUT2D eigenvalue weighted by Gasteiger charge is -2.10. The van der Waals surface area contributed by atoms with E-state index in [0.717, 1.165) is 11.1 Å². The Hall–Kier alpha value is -2.14. The Bertz CT molecular complexity index is 620. The number of carbonyl (C=O) groups is 1. The van der Waals surface area contributed by atoms with Crippen molar-refractivity contribution in [3.05, 3.63) is 52.4 Å². The van der Waals surface area contributed by atoms with Crippen molar-refractivity contribution in [3.8, 4) is 0 Å². The summed E-state index contributed by atoms with van der Waals surface area (Å²) < 4.78 is 10.3. The summed E-state index contributed by atoms with van der Waals surface area (Å²) >= 11 is 0. The normalized spacial score (nSPS) is 10.6. The standard InChI is InChI=1S/C16H20N2O3/c1-4-14-15(11(2)21-18-14)16(19)17-9-12-7-5-6-8-13(12)10-20-3/h5-8H,4,9-10H2,1-3H3,(H,17,19). The summed E-state index contributed by atoms with van der Waals surface area (Å²) in [7, 11) is 1.66. The van der Waals surface area contributed by atoms with E-state index in [4.69, 9.17) is 9.26 Å². The molecular weight excluding hydrogens is 268 g/mol. The van der Waals surface area contributed by atoms with E-state index in [1.807, 2.05) is 31.2 Å². The van der Waals surface area contributed by atoms with Gasteiger partial charge < -0.3 is 14.6 Å². The lowest BCUT2D eigenvalue weighted by Crippen LogP contribution is -2.24. The van der Waals surface area contributed by atoms with Crippen LogP contribution in [0.3, 0.4) is 0 Å². The smallest absolute Gasteiger partial charge is 0.257 e. The second kappa shape index (κ2) is 7.04. The number of methoxy groups -OCH3 is 1. The van der Waals surface area contributed by atoms with Crippen LogP contribution >= 0.6 is 0 Å². The first-order chi connectivity index (χ1) is 10.2. The Morgan fingerprint density at radius 2 is 2.05 bits per heavy atom. The number of amides is 1. The molecular formula is C16H20N2O3. The molecule has 5 nitrogen and oxygen atoms in total. The quantitative estimate of drug-likeness (QED) is 0.887. The summed E-state index contributed by atoms with van der Waals surface area (Å²) in [4.78, 5) is 12.3. The van der Waals surface area contributed by atoms with Crippen molar-refractivity contribution in [2.75, 3.05) is 7.11 Å². The predicted octanol–water partition coefficient (Wildman–Crippen LogP) is 2.62. The molecule has 5 heteroatoms. The van der Waals surface area contributed by atoms with E-state index in [0.29, 0.717) is 36.6 Å². The van der Waals surface area contributed by atoms with Crippen LogP contribution in [0.5, 0.6) is 0 Å². The highest BCUT2D eigenvalue weighted by atomic mass is 16.5. The van der Waals surface area contributed by atoms with Gasteiger partial charge in [0.2, 0.25) is 0 Å². The Balaban J connectivity index is 2.09. The van der Waals surface area contributed by atoms with E-state index in [1.165, 1.54) is 0 Å². The molecule has 0 saturated heterocycles. The van der Waals surface area contributed by atoms with Gasteiger partial charge in [0.15, 0.2) is 0 Å². The summed E-state index contributed by atoms with van der Waals surface area (Å²) in [6.07, 6.45) is 0.667.